The molecule has 2 aromatic heterocycles. The number of nitrogens with one attached hydrogen (secondary N) is 1. The summed E-state index contributed by atoms with van der Waals surface area (Å²) in [5, 5.41) is 21.2. The summed E-state index contributed by atoms with van der Waals surface area (Å²) >= 11 is 1.28. The number of hydrogen-bond acceptors (Lipinski definition) is 6. The number of hydrogen-bond donors (Lipinski definition) is 2. The predicted octanol–water partition coefficient (Wildman–Crippen LogP) is 1.67. The molecular formula is C14H12FN5O2S. The maximum absolute atomic E-state index is 12.9. The molecule has 3 rings (SSSR count). The molecule has 0 aliphatic carbocycles. The smallest absolute Gasteiger partial charge is 0.247 e. The van der Waals surface area contributed by atoms with Crippen LogP contribution >= 0.6 is 11.3 Å². The highest BCUT2D eigenvalue weighted by molar-refractivity contribution is 7.14. The van der Waals surface area contributed by atoms with Gasteiger partial charge in [0.15, 0.2) is 5.13 Å². The Kier molecular flexibility index (Phi) is 4.40. The summed E-state index contributed by atoms with van der Waals surface area (Å²) < 4.78 is 14.2. The first-order chi connectivity index (χ1) is 11.1. The average molecular weight is 333 g/mol. The van der Waals surface area contributed by atoms with Crippen LogP contribution in [0.4, 0.5) is 9.52 Å². The lowest BCUT2D eigenvalue weighted by Crippen LogP contribution is -2.19. The van der Waals surface area contributed by atoms with Crippen LogP contribution in [0.1, 0.15) is 5.69 Å². The summed E-state index contributed by atoms with van der Waals surface area (Å²) in [5.74, 6) is -0.619. The molecule has 7 nitrogen and oxygen atoms in total. The molecule has 0 bridgehead atoms. The number of carbonyl (C=O) groups excluding carboxylic acids is 1. The fraction of sp³-hybridized carbons (Fsp3) is 0.143. The standard InChI is InChI=1S/C14H12FN5O2S/c15-10-3-1-9(2-4-10)12-8-23-14(16-12)17-13(22)6-20-5-11(7-21)18-19-20/h1-5,8,21H,6-7H2,(H,16,17,22). The molecule has 1 aromatic carbocycles. The molecule has 2 N–H and O–H groups in total. The Morgan fingerprint density at radius 2 is 2.13 bits per heavy atom. The van der Waals surface area contributed by atoms with Crippen molar-refractivity contribution in [3.05, 3.63) is 47.4 Å². The van der Waals surface area contributed by atoms with Gasteiger partial charge in [-0.25, -0.2) is 14.1 Å². The molecule has 0 atom stereocenters. The normalized spacial score (nSPS) is 10.7. The Bertz CT molecular complexity index is 815. The third kappa shape index (κ3) is 3.76. The van der Waals surface area contributed by atoms with Crippen molar-refractivity contribution in [2.45, 2.75) is 13.2 Å². The van der Waals surface area contributed by atoms with Crippen LogP contribution in [0.3, 0.4) is 0 Å². The van der Waals surface area contributed by atoms with E-state index in [9.17, 15) is 9.18 Å². The van der Waals surface area contributed by atoms with Gasteiger partial charge in [-0.15, -0.1) is 16.4 Å². The first kappa shape index (κ1) is 15.3. The third-order valence-electron chi connectivity index (χ3n) is 2.94. The van der Waals surface area contributed by atoms with E-state index in [4.69, 9.17) is 5.11 Å². The summed E-state index contributed by atoms with van der Waals surface area (Å²) in [6.45, 7) is -0.256. The molecule has 0 aliphatic heterocycles. The third-order valence-corrected chi connectivity index (χ3v) is 3.70. The van der Waals surface area contributed by atoms with Crippen molar-refractivity contribution < 1.29 is 14.3 Å². The first-order valence-electron chi connectivity index (χ1n) is 6.65. The number of aromatic nitrogens is 4. The van der Waals surface area contributed by atoms with Gasteiger partial charge in [0.25, 0.3) is 0 Å². The van der Waals surface area contributed by atoms with Crippen molar-refractivity contribution in [1.29, 1.82) is 0 Å². The molecule has 0 spiro atoms. The van der Waals surface area contributed by atoms with Crippen molar-refractivity contribution >= 4 is 22.4 Å². The van der Waals surface area contributed by atoms with Gasteiger partial charge in [-0.05, 0) is 24.3 Å². The molecule has 0 aliphatic rings. The number of benzene rings is 1. The van der Waals surface area contributed by atoms with E-state index >= 15 is 0 Å². The van der Waals surface area contributed by atoms with Crippen LogP contribution in [-0.2, 0) is 17.9 Å². The van der Waals surface area contributed by atoms with Gasteiger partial charge in [-0.1, -0.05) is 5.21 Å². The molecule has 2 heterocycles. The maximum Gasteiger partial charge on any atom is 0.247 e. The molecule has 23 heavy (non-hydrogen) atoms. The van der Waals surface area contributed by atoms with Crippen LogP contribution in [-0.4, -0.2) is 31.0 Å². The largest absolute Gasteiger partial charge is 0.390 e. The average Bonchev–Trinajstić information content (AvgIpc) is 3.17. The number of halogens is 1. The van der Waals surface area contributed by atoms with E-state index in [0.717, 1.165) is 5.56 Å². The van der Waals surface area contributed by atoms with Crippen LogP contribution in [0.2, 0.25) is 0 Å². The summed E-state index contributed by atoms with van der Waals surface area (Å²) in [4.78, 5) is 16.2. The fourth-order valence-electron chi connectivity index (χ4n) is 1.88. The minimum Gasteiger partial charge on any atom is -0.390 e. The zero-order valence-electron chi connectivity index (χ0n) is 11.8. The monoisotopic (exact) mass is 333 g/mol. The number of amides is 1. The van der Waals surface area contributed by atoms with Gasteiger partial charge in [0, 0.05) is 10.9 Å². The lowest BCUT2D eigenvalue weighted by atomic mass is 10.2. The van der Waals surface area contributed by atoms with Crippen LogP contribution in [0.5, 0.6) is 0 Å². The molecule has 3 aromatic rings. The fourth-order valence-corrected chi connectivity index (χ4v) is 2.61. The molecular weight excluding hydrogens is 321 g/mol. The molecule has 0 unspecified atom stereocenters. The van der Waals surface area contributed by atoms with E-state index in [0.29, 0.717) is 16.5 Å². The van der Waals surface area contributed by atoms with Gasteiger partial charge in [0.2, 0.25) is 5.91 Å². The molecule has 9 heteroatoms. The van der Waals surface area contributed by atoms with Gasteiger partial charge >= 0.3 is 0 Å². The summed E-state index contributed by atoms with van der Waals surface area (Å²) in [7, 11) is 0. The van der Waals surface area contributed by atoms with Crippen LogP contribution < -0.4 is 5.32 Å². The van der Waals surface area contributed by atoms with Crippen molar-refractivity contribution in [2.24, 2.45) is 0 Å². The predicted molar refractivity (Wildman–Crippen MR) is 82.1 cm³/mol. The Morgan fingerprint density at radius 1 is 1.35 bits per heavy atom. The van der Waals surface area contributed by atoms with E-state index in [1.807, 2.05) is 0 Å². The van der Waals surface area contributed by atoms with E-state index in [1.54, 1.807) is 17.5 Å². The zero-order valence-corrected chi connectivity index (χ0v) is 12.6. The summed E-state index contributed by atoms with van der Waals surface area (Å²) in [6, 6.07) is 5.97. The molecule has 0 fully saturated rings. The molecule has 0 saturated carbocycles. The molecule has 1 amide bonds. The second kappa shape index (κ2) is 6.63. The highest BCUT2D eigenvalue weighted by atomic mass is 32.1. The Hall–Kier alpha value is -2.65. The van der Waals surface area contributed by atoms with Gasteiger partial charge < -0.3 is 10.4 Å². The Balaban J connectivity index is 1.64. The second-order valence-electron chi connectivity index (χ2n) is 4.66. The maximum atomic E-state index is 12.9. The number of anilines is 1. The van der Waals surface area contributed by atoms with Gasteiger partial charge in [0.1, 0.15) is 18.1 Å². The van der Waals surface area contributed by atoms with Crippen molar-refractivity contribution in [2.75, 3.05) is 5.32 Å². The minimum absolute atomic E-state index is 0.0293. The number of nitrogens with zero attached hydrogens (tertiary/aromatic N) is 4. The highest BCUT2D eigenvalue weighted by Gasteiger charge is 2.10. The van der Waals surface area contributed by atoms with Crippen LogP contribution in [0.15, 0.2) is 35.8 Å². The molecule has 118 valence electrons. The number of thiazole rings is 1. The van der Waals surface area contributed by atoms with E-state index in [2.05, 4.69) is 20.6 Å². The summed E-state index contributed by atoms with van der Waals surface area (Å²) in [5.41, 5.74) is 1.83. The Morgan fingerprint density at radius 3 is 2.83 bits per heavy atom. The first-order valence-corrected chi connectivity index (χ1v) is 7.53. The highest BCUT2D eigenvalue weighted by Crippen LogP contribution is 2.24. The van der Waals surface area contributed by atoms with Crippen molar-refractivity contribution in [3.8, 4) is 11.3 Å². The minimum atomic E-state index is -0.312. The lowest BCUT2D eigenvalue weighted by Gasteiger charge is -2.01. The van der Waals surface area contributed by atoms with E-state index < -0.39 is 0 Å². The number of rotatable bonds is 5. The van der Waals surface area contributed by atoms with Crippen LogP contribution in [0.25, 0.3) is 11.3 Å². The van der Waals surface area contributed by atoms with Gasteiger partial charge in [0.05, 0.1) is 18.5 Å². The molecule has 0 saturated heterocycles. The van der Waals surface area contributed by atoms with Crippen molar-refractivity contribution in [3.63, 3.8) is 0 Å². The van der Waals surface area contributed by atoms with E-state index in [-0.39, 0.29) is 24.9 Å². The van der Waals surface area contributed by atoms with E-state index in [1.165, 1.54) is 34.3 Å². The topological polar surface area (TPSA) is 92.9 Å². The molecule has 0 radical (unpaired) electrons. The van der Waals surface area contributed by atoms with Crippen LogP contribution in [0, 0.1) is 5.82 Å². The SMILES string of the molecule is O=C(Cn1cc(CO)nn1)Nc1nc(-c2ccc(F)cc2)cs1. The van der Waals surface area contributed by atoms with Gasteiger partial charge in [-0.2, -0.15) is 0 Å². The number of carbonyl (C=O) groups is 1. The lowest BCUT2D eigenvalue weighted by molar-refractivity contribution is -0.116. The Labute approximate surface area is 134 Å². The zero-order chi connectivity index (χ0) is 16.2. The second-order valence-corrected chi connectivity index (χ2v) is 5.52. The number of aliphatic hydroxyl groups excluding tert-OH is 1. The number of aliphatic hydroxyl groups is 1. The van der Waals surface area contributed by atoms with Gasteiger partial charge in [-0.3, -0.25) is 4.79 Å². The van der Waals surface area contributed by atoms with Crippen molar-refractivity contribution in [1.82, 2.24) is 20.0 Å². The summed E-state index contributed by atoms with van der Waals surface area (Å²) in [6.07, 6.45) is 1.49. The quantitative estimate of drug-likeness (QED) is 0.741.